The quantitative estimate of drug-likeness (QED) is 0.0185. The number of unbranched alkanes of at least 4 members (excludes halogenated alkanes) is 21. The van der Waals surface area contributed by atoms with Gasteiger partial charge in [-0.2, -0.15) is 12.8 Å². The van der Waals surface area contributed by atoms with E-state index in [1.165, 1.54) is 106 Å². The Hall–Kier alpha value is -3.14. The van der Waals surface area contributed by atoms with E-state index in [9.17, 15) is 33.6 Å². The second-order valence-electron chi connectivity index (χ2n) is 19.1. The molecule has 1 heterocycles. The molecule has 0 radical (unpaired) electrons. The standard InChI is InChI=1S/C31H53N2O9.C12H20O2.C11H22O2.C4H10.C3H7.C2H6.U/c1-4-7-9-11-13-15-17-39-29(36)20-32(21-30(37)40-18-16-14-12-10-8-5-2)22-31(38)42-24-27-19-26(33(27)25-34)23-41-28(35)6-3;1-3-5-6-7-8-9-11-14-12(13)10-4-2;1-3-5-6-7-8-9-10-13-11(12)4-2;1-3-4-2;1-3-2;1-2;/h26-27H,4-24H2,1-3H3;2H,3,5-11H2,1H3;3-10H2,1-2H3;3-4H2,1-2H3;1,3H2,2H3;1-2H3;/q-1;;;;-1;;+2. The molecule has 0 spiro atoms. The third kappa shape index (κ3) is 67.3. The van der Waals surface area contributed by atoms with Crippen LogP contribution in [-0.4, -0.2) is 123 Å². The average Bonchev–Trinajstić information content (AvgIpc) is 3.42. The van der Waals surface area contributed by atoms with Crippen LogP contribution < -0.4 is 0 Å². The summed E-state index contributed by atoms with van der Waals surface area (Å²) in [6, 6.07) is -0.684. The molecule has 1 aliphatic rings. The molecule has 1 saturated heterocycles. The molecular weight excluding hydrogens is 1230 g/mol. The minimum atomic E-state index is -0.644. The van der Waals surface area contributed by atoms with Gasteiger partial charge in [-0.25, -0.2) is 0 Å². The van der Waals surface area contributed by atoms with Crippen molar-refractivity contribution in [1.82, 2.24) is 9.80 Å². The van der Waals surface area contributed by atoms with Crippen LogP contribution in [0, 0.1) is 50.4 Å². The zero-order valence-electron chi connectivity index (χ0n) is 52.4. The van der Waals surface area contributed by atoms with Crippen LogP contribution in [0.3, 0.4) is 0 Å². The fraction of sp³-hybridized carbons (Fsp3) is 0.841. The van der Waals surface area contributed by atoms with Crippen LogP contribution in [0.2, 0.25) is 0 Å². The Kier molecular flexibility index (Phi) is 80.4. The normalized spacial score (nSPS) is 12.5. The summed E-state index contributed by atoms with van der Waals surface area (Å²) < 4.78 is 31.0. The first-order valence-electron chi connectivity index (χ1n) is 30.8. The van der Waals surface area contributed by atoms with Crippen molar-refractivity contribution in [2.45, 2.75) is 287 Å². The van der Waals surface area contributed by atoms with Crippen LogP contribution in [0.4, 0.5) is 0 Å². The van der Waals surface area contributed by atoms with Gasteiger partial charge in [0, 0.05) is 24.9 Å². The van der Waals surface area contributed by atoms with Crippen LogP contribution in [0.25, 0.3) is 0 Å². The van der Waals surface area contributed by atoms with E-state index in [2.05, 4.69) is 54.4 Å². The van der Waals surface area contributed by atoms with Gasteiger partial charge in [0.25, 0.3) is 0 Å². The maximum Gasteiger partial charge on any atom is 2.00 e. The SMILES string of the molecule is C#CCC(=O)OCCCCCCCC.CC.CCCC.CCCCCCCCOC(=O)CC.CCCCCCCCOC(=O)CN(CC(=O)OCCCCCCCC)CC(=O)OCC1CC(COC(=O)CC)N1[C-]=O.[CH2-]CC.[U+2]. The van der Waals surface area contributed by atoms with Crippen molar-refractivity contribution in [3.05, 3.63) is 6.92 Å². The number of nitrogens with zero attached hydrogens (tertiary/aromatic N) is 2. The van der Waals surface area contributed by atoms with Gasteiger partial charge in [-0.1, -0.05) is 223 Å². The largest absolute Gasteiger partial charge is 2.00 e. The van der Waals surface area contributed by atoms with Gasteiger partial charge in [0.05, 0.1) is 46.1 Å². The summed E-state index contributed by atoms with van der Waals surface area (Å²) >= 11 is 0. The minimum absolute atomic E-state index is 0. The van der Waals surface area contributed by atoms with Crippen molar-refractivity contribution >= 4 is 42.2 Å². The molecule has 2 atom stereocenters. The number of hydrogen-bond acceptors (Lipinski definition) is 14. The number of amides is 1. The predicted molar refractivity (Wildman–Crippen MR) is 317 cm³/mol. The maximum atomic E-state index is 12.6. The molecule has 0 bridgehead atoms. The van der Waals surface area contributed by atoms with E-state index < -0.39 is 17.9 Å². The van der Waals surface area contributed by atoms with Crippen molar-refractivity contribution in [2.24, 2.45) is 0 Å². The molecule has 0 aromatic carbocycles. The van der Waals surface area contributed by atoms with Crippen LogP contribution in [0.15, 0.2) is 0 Å². The fourth-order valence-corrected chi connectivity index (χ4v) is 6.99. The third-order valence-corrected chi connectivity index (χ3v) is 11.7. The van der Waals surface area contributed by atoms with E-state index in [0.29, 0.717) is 39.3 Å². The first-order chi connectivity index (χ1) is 37.8. The minimum Gasteiger partial charge on any atom is -0.520 e. The van der Waals surface area contributed by atoms with Gasteiger partial charge in [0.1, 0.15) is 19.6 Å². The first-order valence-corrected chi connectivity index (χ1v) is 30.8. The summed E-state index contributed by atoms with van der Waals surface area (Å²) in [6.07, 6.45) is 39.1. The molecule has 1 fully saturated rings. The number of carbonyl (C=O) groups is 6. The Morgan fingerprint density at radius 3 is 1.01 bits per heavy atom. The molecule has 1 amide bonds. The van der Waals surface area contributed by atoms with E-state index in [1.807, 2.05) is 27.7 Å². The molecule has 462 valence electrons. The number of terminal acetylenes is 1. The Bertz CT molecular complexity index is 1380. The van der Waals surface area contributed by atoms with Crippen molar-refractivity contribution in [3.8, 4) is 12.3 Å². The van der Waals surface area contributed by atoms with E-state index in [1.54, 1.807) is 13.3 Å². The Morgan fingerprint density at radius 1 is 0.456 bits per heavy atom. The summed E-state index contributed by atoms with van der Waals surface area (Å²) in [5, 5.41) is 0. The molecule has 0 aromatic rings. The van der Waals surface area contributed by atoms with Crippen molar-refractivity contribution in [3.63, 3.8) is 0 Å². The Morgan fingerprint density at radius 2 is 0.722 bits per heavy atom. The second-order valence-corrected chi connectivity index (χ2v) is 19.1. The van der Waals surface area contributed by atoms with Crippen LogP contribution in [0.5, 0.6) is 0 Å². The number of rotatable bonds is 43. The van der Waals surface area contributed by atoms with Crippen LogP contribution in [0.1, 0.15) is 275 Å². The molecule has 0 aliphatic carbocycles. The van der Waals surface area contributed by atoms with Crippen molar-refractivity contribution < 1.29 is 93.1 Å². The van der Waals surface area contributed by atoms with Gasteiger partial charge in [0.2, 0.25) is 0 Å². The van der Waals surface area contributed by atoms with Gasteiger partial charge < -0.3 is 45.0 Å². The summed E-state index contributed by atoms with van der Waals surface area (Å²) in [7, 11) is 0. The summed E-state index contributed by atoms with van der Waals surface area (Å²) in [5.41, 5.74) is 0. The fourth-order valence-electron chi connectivity index (χ4n) is 6.99. The van der Waals surface area contributed by atoms with E-state index in [4.69, 9.17) is 34.8 Å². The van der Waals surface area contributed by atoms with Gasteiger partial charge in [-0.15, -0.1) is 6.42 Å². The molecule has 0 saturated carbocycles. The average molecular weight is 1350 g/mol. The number of esters is 6. The second kappa shape index (κ2) is 72.9. The molecule has 16 heteroatoms. The molecule has 1 rings (SSSR count). The van der Waals surface area contributed by atoms with Gasteiger partial charge in [-0.05, 0) is 32.1 Å². The Balaban J connectivity index is -0.000000291. The summed E-state index contributed by atoms with van der Waals surface area (Å²) in [4.78, 5) is 84.5. The topological polar surface area (TPSA) is 181 Å². The van der Waals surface area contributed by atoms with Crippen LogP contribution >= 0.6 is 0 Å². The summed E-state index contributed by atoms with van der Waals surface area (Å²) in [6.45, 7) is 27.0. The van der Waals surface area contributed by atoms with E-state index in [0.717, 1.165) is 77.0 Å². The molecule has 1 aliphatic heterocycles. The van der Waals surface area contributed by atoms with Crippen LogP contribution in [-0.2, 0) is 62.0 Å². The van der Waals surface area contributed by atoms with Crippen molar-refractivity contribution in [1.29, 1.82) is 0 Å². The third-order valence-electron chi connectivity index (χ3n) is 11.7. The monoisotopic (exact) mass is 1350 g/mol. The molecule has 79 heavy (non-hydrogen) atoms. The molecule has 15 nitrogen and oxygen atoms in total. The van der Waals surface area contributed by atoms with E-state index >= 15 is 0 Å². The number of hydrogen-bond donors (Lipinski definition) is 0. The Labute approximate surface area is 508 Å². The number of ether oxygens (including phenoxy) is 6. The van der Waals surface area contributed by atoms with Crippen molar-refractivity contribution in [2.75, 3.05) is 59.3 Å². The van der Waals surface area contributed by atoms with E-state index in [-0.39, 0.29) is 107 Å². The summed E-state index contributed by atoms with van der Waals surface area (Å²) in [5.74, 6) is -0.135. The smallest absolute Gasteiger partial charge is 0.520 e. The molecule has 0 N–H and O–H groups in total. The predicted octanol–water partition coefficient (Wildman–Crippen LogP) is 14.4. The molecular formula is C63H118N2O13U. The maximum absolute atomic E-state index is 12.6. The molecule has 0 aromatic heterocycles. The number of carbonyl (C=O) groups excluding carboxylic acids is 7. The van der Waals surface area contributed by atoms with Gasteiger partial charge >= 0.3 is 66.9 Å². The first kappa shape index (κ1) is 87.1. The molecule has 2 unspecified atom stereocenters. The van der Waals surface area contributed by atoms with Gasteiger partial charge in [0.15, 0.2) is 0 Å². The zero-order chi connectivity index (χ0) is 59.7. The van der Waals surface area contributed by atoms with Gasteiger partial charge in [-0.3, -0.25) is 33.7 Å². The zero-order valence-corrected chi connectivity index (χ0v) is 56.6. The number of likely N-dealkylation sites (tertiary alicyclic amines) is 1.